The lowest BCUT2D eigenvalue weighted by atomic mass is 10.2. The standard InChI is InChI=1S/C18H18ClN3O2/c1-13(22-12-21-16-7-2-3-8-17(16)22)18(23)20-9-10-24-15-6-4-5-14(19)11-15/h2-8,11-13H,9-10H2,1H3,(H,20,23)/t13-/m1/s1. The average Bonchev–Trinajstić information content (AvgIpc) is 3.02. The molecule has 5 nitrogen and oxygen atoms in total. The van der Waals surface area contributed by atoms with E-state index in [9.17, 15) is 4.79 Å². The van der Waals surface area contributed by atoms with E-state index in [1.807, 2.05) is 47.9 Å². The lowest BCUT2D eigenvalue weighted by molar-refractivity contribution is -0.123. The highest BCUT2D eigenvalue weighted by atomic mass is 35.5. The van der Waals surface area contributed by atoms with E-state index in [4.69, 9.17) is 16.3 Å². The van der Waals surface area contributed by atoms with Gasteiger partial charge in [-0.3, -0.25) is 4.79 Å². The number of rotatable bonds is 6. The van der Waals surface area contributed by atoms with Crippen molar-refractivity contribution < 1.29 is 9.53 Å². The van der Waals surface area contributed by atoms with Crippen molar-refractivity contribution in [3.8, 4) is 5.75 Å². The highest BCUT2D eigenvalue weighted by molar-refractivity contribution is 6.30. The number of ether oxygens (including phenoxy) is 1. The number of hydrogen-bond donors (Lipinski definition) is 1. The molecule has 3 aromatic rings. The molecule has 1 amide bonds. The van der Waals surface area contributed by atoms with E-state index in [1.165, 1.54) is 0 Å². The number of fused-ring (bicyclic) bond motifs is 1. The van der Waals surface area contributed by atoms with E-state index in [2.05, 4.69) is 10.3 Å². The molecule has 0 radical (unpaired) electrons. The second-order valence-electron chi connectivity index (χ2n) is 5.41. The highest BCUT2D eigenvalue weighted by Gasteiger charge is 2.16. The minimum absolute atomic E-state index is 0.0761. The van der Waals surface area contributed by atoms with Gasteiger partial charge in [0, 0.05) is 5.02 Å². The molecule has 0 saturated heterocycles. The number of halogens is 1. The van der Waals surface area contributed by atoms with Gasteiger partial charge in [-0.25, -0.2) is 4.98 Å². The van der Waals surface area contributed by atoms with Crippen LogP contribution in [-0.4, -0.2) is 28.6 Å². The molecular formula is C18H18ClN3O2. The molecule has 0 saturated carbocycles. The average molecular weight is 344 g/mol. The van der Waals surface area contributed by atoms with Crippen LogP contribution in [0, 0.1) is 0 Å². The molecule has 6 heteroatoms. The minimum atomic E-state index is -0.344. The van der Waals surface area contributed by atoms with E-state index in [-0.39, 0.29) is 11.9 Å². The molecule has 1 N–H and O–H groups in total. The number of carbonyl (C=O) groups excluding carboxylic acids is 1. The minimum Gasteiger partial charge on any atom is -0.492 e. The number of aromatic nitrogens is 2. The van der Waals surface area contributed by atoms with Gasteiger partial charge in [0.15, 0.2) is 0 Å². The van der Waals surface area contributed by atoms with Crippen LogP contribution in [0.4, 0.5) is 0 Å². The molecular weight excluding hydrogens is 326 g/mol. The third-order valence-corrected chi connectivity index (χ3v) is 3.98. The topological polar surface area (TPSA) is 56.1 Å². The first kappa shape index (κ1) is 16.3. The molecule has 124 valence electrons. The first-order chi connectivity index (χ1) is 11.6. The molecule has 1 atom stereocenters. The first-order valence-electron chi connectivity index (χ1n) is 7.73. The Morgan fingerprint density at radius 1 is 1.29 bits per heavy atom. The van der Waals surface area contributed by atoms with Crippen molar-refractivity contribution in [2.45, 2.75) is 13.0 Å². The summed E-state index contributed by atoms with van der Waals surface area (Å²) in [5.41, 5.74) is 1.82. The maximum atomic E-state index is 12.3. The zero-order valence-electron chi connectivity index (χ0n) is 13.3. The summed E-state index contributed by atoms with van der Waals surface area (Å²) in [6.45, 7) is 2.65. The molecule has 0 fully saturated rings. The third kappa shape index (κ3) is 3.68. The van der Waals surface area contributed by atoms with Gasteiger partial charge < -0.3 is 14.6 Å². The van der Waals surface area contributed by atoms with Crippen LogP contribution in [0.3, 0.4) is 0 Å². The molecule has 1 heterocycles. The van der Waals surface area contributed by atoms with Gasteiger partial charge in [-0.2, -0.15) is 0 Å². The highest BCUT2D eigenvalue weighted by Crippen LogP contribution is 2.18. The lowest BCUT2D eigenvalue weighted by Gasteiger charge is -2.15. The second-order valence-corrected chi connectivity index (χ2v) is 5.85. The van der Waals surface area contributed by atoms with Crippen LogP contribution in [0.2, 0.25) is 5.02 Å². The molecule has 0 spiro atoms. The van der Waals surface area contributed by atoms with Crippen molar-refractivity contribution >= 4 is 28.5 Å². The van der Waals surface area contributed by atoms with Gasteiger partial charge in [-0.05, 0) is 37.3 Å². The molecule has 0 aliphatic rings. The van der Waals surface area contributed by atoms with E-state index in [0.29, 0.717) is 23.9 Å². The van der Waals surface area contributed by atoms with Gasteiger partial charge in [-0.15, -0.1) is 0 Å². The Hall–Kier alpha value is -2.53. The summed E-state index contributed by atoms with van der Waals surface area (Å²) in [5.74, 6) is 0.609. The van der Waals surface area contributed by atoms with E-state index in [1.54, 1.807) is 18.5 Å². The summed E-state index contributed by atoms with van der Waals surface area (Å²) in [6.07, 6.45) is 1.69. The Labute approximate surface area is 145 Å². The fourth-order valence-electron chi connectivity index (χ4n) is 2.46. The number of amides is 1. The number of nitrogens with one attached hydrogen (secondary N) is 1. The number of imidazole rings is 1. The van der Waals surface area contributed by atoms with E-state index in [0.717, 1.165) is 11.0 Å². The number of carbonyl (C=O) groups is 1. The first-order valence-corrected chi connectivity index (χ1v) is 8.10. The molecule has 0 aliphatic carbocycles. The van der Waals surface area contributed by atoms with Crippen molar-refractivity contribution in [1.29, 1.82) is 0 Å². The molecule has 0 bridgehead atoms. The van der Waals surface area contributed by atoms with Crippen LogP contribution in [0.1, 0.15) is 13.0 Å². The van der Waals surface area contributed by atoms with Gasteiger partial charge >= 0.3 is 0 Å². The Morgan fingerprint density at radius 2 is 2.12 bits per heavy atom. The summed E-state index contributed by atoms with van der Waals surface area (Å²) >= 11 is 5.90. The molecule has 0 aliphatic heterocycles. The third-order valence-electron chi connectivity index (χ3n) is 3.74. The maximum Gasteiger partial charge on any atom is 0.242 e. The van der Waals surface area contributed by atoms with Crippen LogP contribution < -0.4 is 10.1 Å². The summed E-state index contributed by atoms with van der Waals surface area (Å²) < 4.78 is 7.42. The fraction of sp³-hybridized carbons (Fsp3) is 0.222. The Bertz CT molecular complexity index is 847. The SMILES string of the molecule is C[C@H](C(=O)NCCOc1cccc(Cl)c1)n1cnc2ccccc21. The predicted octanol–water partition coefficient (Wildman–Crippen LogP) is 3.45. The van der Waals surface area contributed by atoms with Crippen molar-refractivity contribution in [3.05, 3.63) is 59.9 Å². The maximum absolute atomic E-state index is 12.3. The summed E-state index contributed by atoms with van der Waals surface area (Å²) in [7, 11) is 0. The molecule has 24 heavy (non-hydrogen) atoms. The Morgan fingerprint density at radius 3 is 2.96 bits per heavy atom. The Balaban J connectivity index is 1.53. The zero-order valence-corrected chi connectivity index (χ0v) is 14.0. The summed E-state index contributed by atoms with van der Waals surface area (Å²) in [4.78, 5) is 16.6. The van der Waals surface area contributed by atoms with Gasteiger partial charge in [0.1, 0.15) is 18.4 Å². The van der Waals surface area contributed by atoms with Crippen LogP contribution in [0.25, 0.3) is 11.0 Å². The molecule has 2 aromatic carbocycles. The van der Waals surface area contributed by atoms with Gasteiger partial charge in [0.25, 0.3) is 0 Å². The van der Waals surface area contributed by atoms with Crippen LogP contribution >= 0.6 is 11.6 Å². The number of para-hydroxylation sites is 2. The Kier molecular flexibility index (Phi) is 5.01. The largest absolute Gasteiger partial charge is 0.492 e. The van der Waals surface area contributed by atoms with Gasteiger partial charge in [-0.1, -0.05) is 29.8 Å². The van der Waals surface area contributed by atoms with E-state index >= 15 is 0 Å². The summed E-state index contributed by atoms with van der Waals surface area (Å²) in [6, 6.07) is 14.6. The van der Waals surface area contributed by atoms with Gasteiger partial charge in [0.05, 0.1) is 23.9 Å². The van der Waals surface area contributed by atoms with Crippen molar-refractivity contribution in [1.82, 2.24) is 14.9 Å². The zero-order chi connectivity index (χ0) is 16.9. The number of nitrogens with zero attached hydrogens (tertiary/aromatic N) is 2. The van der Waals surface area contributed by atoms with E-state index < -0.39 is 0 Å². The molecule has 1 aromatic heterocycles. The van der Waals surface area contributed by atoms with Crippen LogP contribution in [0.15, 0.2) is 54.9 Å². The van der Waals surface area contributed by atoms with Crippen LogP contribution in [-0.2, 0) is 4.79 Å². The normalized spacial score (nSPS) is 12.1. The molecule has 3 rings (SSSR count). The quantitative estimate of drug-likeness (QED) is 0.697. The van der Waals surface area contributed by atoms with Crippen molar-refractivity contribution in [3.63, 3.8) is 0 Å². The van der Waals surface area contributed by atoms with Crippen molar-refractivity contribution in [2.75, 3.05) is 13.2 Å². The van der Waals surface area contributed by atoms with Crippen LogP contribution in [0.5, 0.6) is 5.75 Å². The number of benzene rings is 2. The number of hydrogen-bond acceptors (Lipinski definition) is 3. The monoisotopic (exact) mass is 343 g/mol. The van der Waals surface area contributed by atoms with Gasteiger partial charge in [0.2, 0.25) is 5.91 Å². The molecule has 0 unspecified atom stereocenters. The second kappa shape index (κ2) is 7.36. The van der Waals surface area contributed by atoms with Crippen molar-refractivity contribution in [2.24, 2.45) is 0 Å². The fourth-order valence-corrected chi connectivity index (χ4v) is 2.64. The predicted molar refractivity (Wildman–Crippen MR) is 94.4 cm³/mol. The smallest absolute Gasteiger partial charge is 0.242 e. The summed E-state index contributed by atoms with van der Waals surface area (Å²) in [5, 5.41) is 3.50. The lowest BCUT2D eigenvalue weighted by Crippen LogP contribution is -2.33.